The Bertz CT molecular complexity index is 1180. The molecule has 1 unspecified atom stereocenters. The van der Waals surface area contributed by atoms with Gasteiger partial charge in [0.25, 0.3) is 0 Å². The first-order chi connectivity index (χ1) is 16.7. The van der Waals surface area contributed by atoms with Gasteiger partial charge in [0, 0.05) is 42.5 Å². The lowest BCUT2D eigenvalue weighted by Gasteiger charge is -2.23. The van der Waals surface area contributed by atoms with Crippen LogP contribution in [0.2, 0.25) is 0 Å². The monoisotopic (exact) mass is 483 g/mol. The molecule has 35 heavy (non-hydrogen) atoms. The molecule has 184 valence electrons. The third-order valence-corrected chi connectivity index (χ3v) is 5.42. The van der Waals surface area contributed by atoms with Crippen LogP contribution in [0.25, 0.3) is 0 Å². The zero-order chi connectivity index (χ0) is 25.5. The molecule has 1 aliphatic rings. The molecule has 1 atom stereocenters. The van der Waals surface area contributed by atoms with Gasteiger partial charge in [-0.15, -0.1) is 0 Å². The van der Waals surface area contributed by atoms with E-state index in [1.807, 2.05) is 0 Å². The van der Waals surface area contributed by atoms with Crippen LogP contribution in [0.4, 0.5) is 11.4 Å². The predicted octanol–water partition coefficient (Wildman–Crippen LogP) is 1.37. The fourth-order valence-corrected chi connectivity index (χ4v) is 3.76. The molecule has 1 aliphatic carbocycles. The summed E-state index contributed by atoms with van der Waals surface area (Å²) >= 11 is 0. The molecule has 11 heteroatoms. The number of benzene rings is 2. The Balaban J connectivity index is 1.60. The van der Waals surface area contributed by atoms with Gasteiger partial charge in [-0.1, -0.05) is 24.3 Å². The molecule has 0 aliphatic heterocycles. The first kappa shape index (κ1) is 25.4. The molecule has 11 nitrogen and oxygen atoms in total. The number of nitrogens with one attached hydrogen (secondary N) is 3. The summed E-state index contributed by atoms with van der Waals surface area (Å²) in [6.45, 7) is -0.190. The second kappa shape index (κ2) is 11.3. The normalized spacial score (nSPS) is 12.8. The van der Waals surface area contributed by atoms with Crippen LogP contribution in [0.1, 0.15) is 44.7 Å². The number of hydrogen-bond acceptors (Lipinski definition) is 8. The quantitative estimate of drug-likeness (QED) is 0.237. The summed E-state index contributed by atoms with van der Waals surface area (Å²) in [5.41, 5.74) is 2.17. The third-order valence-electron chi connectivity index (χ3n) is 5.42. The van der Waals surface area contributed by atoms with E-state index in [0.717, 1.165) is 0 Å². The van der Waals surface area contributed by atoms with Gasteiger partial charge in [-0.2, -0.15) is 0 Å². The molecule has 0 aromatic heterocycles. The predicted molar refractivity (Wildman–Crippen MR) is 125 cm³/mol. The van der Waals surface area contributed by atoms with Crippen molar-refractivity contribution in [2.45, 2.75) is 18.9 Å². The van der Waals surface area contributed by atoms with Crippen molar-refractivity contribution in [2.75, 3.05) is 37.4 Å². The van der Waals surface area contributed by atoms with Gasteiger partial charge >= 0.3 is 11.9 Å². The van der Waals surface area contributed by atoms with Crippen LogP contribution in [0.15, 0.2) is 36.4 Å². The maximum Gasteiger partial charge on any atom is 0.326 e. The lowest BCUT2D eigenvalue weighted by molar-refractivity contribution is -0.143. The van der Waals surface area contributed by atoms with E-state index in [1.165, 1.54) is 0 Å². The number of aliphatic carboxylic acids is 2. The molecule has 0 saturated heterocycles. The number of rotatable bonds is 12. The zero-order valence-corrected chi connectivity index (χ0v) is 18.9. The number of ketones is 2. The number of amides is 1. The van der Waals surface area contributed by atoms with E-state index in [9.17, 15) is 24.0 Å². The number of carboxylic acid groups (broad SMARTS) is 2. The molecule has 0 fully saturated rings. The lowest BCUT2D eigenvalue weighted by atomic mass is 9.82. The fourth-order valence-electron chi connectivity index (χ4n) is 3.76. The van der Waals surface area contributed by atoms with Gasteiger partial charge in [0.15, 0.2) is 11.6 Å². The lowest BCUT2D eigenvalue weighted by Crippen LogP contribution is -2.42. The third kappa shape index (κ3) is 5.82. The Morgan fingerprint density at radius 1 is 0.943 bits per heavy atom. The smallest absolute Gasteiger partial charge is 0.326 e. The van der Waals surface area contributed by atoms with Crippen molar-refractivity contribution >= 4 is 40.8 Å². The second-order valence-corrected chi connectivity index (χ2v) is 7.73. The molecule has 0 saturated carbocycles. The van der Waals surface area contributed by atoms with Crippen LogP contribution in [-0.4, -0.2) is 72.5 Å². The minimum atomic E-state index is -1.34. The van der Waals surface area contributed by atoms with E-state index in [0.29, 0.717) is 22.5 Å². The number of carboxylic acids is 2. The van der Waals surface area contributed by atoms with Gasteiger partial charge in [-0.3, -0.25) is 19.2 Å². The summed E-state index contributed by atoms with van der Waals surface area (Å²) in [7, 11) is 1.66. The molecular formula is C24H25N3O8. The average Bonchev–Trinajstić information content (AvgIpc) is 2.84. The van der Waals surface area contributed by atoms with E-state index >= 15 is 0 Å². The van der Waals surface area contributed by atoms with Crippen molar-refractivity contribution in [2.24, 2.45) is 0 Å². The summed E-state index contributed by atoms with van der Waals surface area (Å²) in [5.74, 6) is -3.74. The number of ether oxygens (including phenoxy) is 1. The van der Waals surface area contributed by atoms with E-state index in [4.69, 9.17) is 14.9 Å². The van der Waals surface area contributed by atoms with Crippen LogP contribution in [-0.2, 0) is 19.1 Å². The van der Waals surface area contributed by atoms with Crippen LogP contribution in [0.5, 0.6) is 0 Å². The van der Waals surface area contributed by atoms with E-state index in [1.54, 1.807) is 43.4 Å². The maximum atomic E-state index is 13.2. The SMILES string of the molecule is CNc1ccc(NCCOCC(=O)NC(CCC(=O)O)C(=O)O)c2c1C(=O)c1ccccc1C2=O. The molecule has 0 heterocycles. The highest BCUT2D eigenvalue weighted by molar-refractivity contribution is 6.31. The minimum Gasteiger partial charge on any atom is -0.481 e. The Kier molecular flexibility index (Phi) is 8.16. The van der Waals surface area contributed by atoms with Gasteiger partial charge in [0.2, 0.25) is 5.91 Å². The number of carbonyl (C=O) groups excluding carboxylic acids is 3. The standard InChI is InChI=1S/C24H25N3O8/c1-25-15-6-7-16(21-20(15)22(31)13-4-2-3-5-14(13)23(21)32)26-10-11-35-12-18(28)27-17(24(33)34)8-9-19(29)30/h2-7,17,25-26H,8-12H2,1H3,(H,27,28)(H,29,30)(H,33,34). The largest absolute Gasteiger partial charge is 0.481 e. The Hall–Kier alpha value is -4.25. The maximum absolute atomic E-state index is 13.2. The average molecular weight is 483 g/mol. The van der Waals surface area contributed by atoms with E-state index < -0.39 is 36.9 Å². The van der Waals surface area contributed by atoms with Crippen molar-refractivity contribution in [3.63, 3.8) is 0 Å². The first-order valence-electron chi connectivity index (χ1n) is 10.8. The number of carbonyl (C=O) groups is 5. The summed E-state index contributed by atoms with van der Waals surface area (Å²) < 4.78 is 5.27. The van der Waals surface area contributed by atoms with Crippen LogP contribution in [0, 0.1) is 0 Å². The molecule has 2 aromatic rings. The summed E-state index contributed by atoms with van der Waals surface area (Å²) in [6.07, 6.45) is -0.647. The Morgan fingerprint density at radius 2 is 1.54 bits per heavy atom. The summed E-state index contributed by atoms with van der Waals surface area (Å²) in [4.78, 5) is 60.0. The topological polar surface area (TPSA) is 171 Å². The molecular weight excluding hydrogens is 458 g/mol. The highest BCUT2D eigenvalue weighted by atomic mass is 16.5. The van der Waals surface area contributed by atoms with Gasteiger partial charge < -0.3 is 30.9 Å². The van der Waals surface area contributed by atoms with Gasteiger partial charge in [-0.05, 0) is 18.6 Å². The van der Waals surface area contributed by atoms with Crippen molar-refractivity contribution in [1.82, 2.24) is 5.32 Å². The van der Waals surface area contributed by atoms with Crippen molar-refractivity contribution in [3.8, 4) is 0 Å². The second-order valence-electron chi connectivity index (χ2n) is 7.73. The van der Waals surface area contributed by atoms with E-state index in [-0.39, 0.29) is 42.3 Å². The summed E-state index contributed by atoms with van der Waals surface area (Å²) in [6, 6.07) is 8.66. The molecule has 0 radical (unpaired) electrons. The van der Waals surface area contributed by atoms with Crippen LogP contribution in [0.3, 0.4) is 0 Å². The van der Waals surface area contributed by atoms with Crippen LogP contribution >= 0.6 is 0 Å². The minimum absolute atomic E-state index is 0.0432. The molecule has 1 amide bonds. The number of hydrogen-bond donors (Lipinski definition) is 5. The zero-order valence-electron chi connectivity index (χ0n) is 18.9. The van der Waals surface area contributed by atoms with Gasteiger partial charge in [0.05, 0.1) is 17.7 Å². The highest BCUT2D eigenvalue weighted by Gasteiger charge is 2.33. The van der Waals surface area contributed by atoms with Crippen LogP contribution < -0.4 is 16.0 Å². The molecule has 3 rings (SSSR count). The Morgan fingerprint density at radius 3 is 2.11 bits per heavy atom. The molecule has 5 N–H and O–H groups in total. The van der Waals surface area contributed by atoms with Crippen molar-refractivity contribution in [3.05, 3.63) is 58.7 Å². The van der Waals surface area contributed by atoms with Gasteiger partial charge in [0.1, 0.15) is 12.6 Å². The molecule has 2 aromatic carbocycles. The number of fused-ring (bicyclic) bond motifs is 2. The van der Waals surface area contributed by atoms with E-state index in [2.05, 4.69) is 16.0 Å². The van der Waals surface area contributed by atoms with Crippen molar-refractivity contribution in [1.29, 1.82) is 0 Å². The molecule has 0 bridgehead atoms. The number of anilines is 2. The summed E-state index contributed by atoms with van der Waals surface area (Å²) in [5, 5.41) is 26.0. The fraction of sp³-hybridized carbons (Fsp3) is 0.292. The molecule has 0 spiro atoms. The first-order valence-corrected chi connectivity index (χ1v) is 10.8. The van der Waals surface area contributed by atoms with Gasteiger partial charge in [-0.25, -0.2) is 4.79 Å². The Labute approximate surface area is 200 Å². The van der Waals surface area contributed by atoms with Crippen molar-refractivity contribution < 1.29 is 38.9 Å². The highest BCUT2D eigenvalue weighted by Crippen LogP contribution is 2.36.